The molecule has 0 bridgehead atoms. The summed E-state index contributed by atoms with van der Waals surface area (Å²) in [5.74, 6) is -2.85. The molecule has 3 N–H and O–H groups in total. The number of carboxylic acid groups (broad SMARTS) is 1. The summed E-state index contributed by atoms with van der Waals surface area (Å²) >= 11 is 0. The third kappa shape index (κ3) is 8.39. The number of carbonyl (C=O) groups is 4. The fourth-order valence-electron chi connectivity index (χ4n) is 1.74. The fourth-order valence-corrected chi connectivity index (χ4v) is 1.74. The van der Waals surface area contributed by atoms with Crippen LogP contribution in [0.1, 0.15) is 40.5 Å². The predicted molar refractivity (Wildman–Crippen MR) is 81.1 cm³/mol. The quantitative estimate of drug-likeness (QED) is 0.546. The molecule has 0 rings (SSSR count). The van der Waals surface area contributed by atoms with E-state index in [2.05, 4.69) is 10.6 Å². The van der Waals surface area contributed by atoms with Gasteiger partial charge in [0.25, 0.3) is 0 Å². The van der Waals surface area contributed by atoms with Crippen molar-refractivity contribution in [2.75, 3.05) is 13.1 Å². The van der Waals surface area contributed by atoms with Crippen molar-refractivity contribution >= 4 is 23.6 Å². The lowest BCUT2D eigenvalue weighted by molar-refractivity contribution is -0.145. The van der Waals surface area contributed by atoms with Crippen molar-refractivity contribution in [3.63, 3.8) is 0 Å². The van der Waals surface area contributed by atoms with Crippen molar-refractivity contribution in [2.45, 2.75) is 40.5 Å². The fraction of sp³-hybridized carbons (Fsp3) is 0.733. The molecule has 0 aliphatic heterocycles. The van der Waals surface area contributed by atoms with E-state index in [1.807, 2.05) is 0 Å². The Morgan fingerprint density at radius 2 is 1.55 bits per heavy atom. The number of nitrogens with one attached hydrogen (secondary N) is 2. The monoisotopic (exact) mass is 314 g/mol. The van der Waals surface area contributed by atoms with Crippen molar-refractivity contribution in [3.05, 3.63) is 0 Å². The average Bonchev–Trinajstić information content (AvgIpc) is 2.41. The second-order valence-corrected chi connectivity index (χ2v) is 5.89. The molecular weight excluding hydrogens is 288 g/mol. The molecule has 0 aromatic rings. The summed E-state index contributed by atoms with van der Waals surface area (Å²) in [5, 5.41) is 13.9. The van der Waals surface area contributed by atoms with Gasteiger partial charge in [0, 0.05) is 25.3 Å². The highest BCUT2D eigenvalue weighted by Crippen LogP contribution is 2.15. The molecular formula is C15H26N2O5. The molecule has 0 aromatic heterocycles. The van der Waals surface area contributed by atoms with Crippen LogP contribution in [-0.4, -0.2) is 41.8 Å². The zero-order valence-corrected chi connectivity index (χ0v) is 13.6. The van der Waals surface area contributed by atoms with Crippen LogP contribution < -0.4 is 10.6 Å². The summed E-state index contributed by atoms with van der Waals surface area (Å²) < 4.78 is 0. The van der Waals surface area contributed by atoms with E-state index in [-0.39, 0.29) is 43.6 Å². The van der Waals surface area contributed by atoms with Gasteiger partial charge >= 0.3 is 5.97 Å². The van der Waals surface area contributed by atoms with Gasteiger partial charge in [0.2, 0.25) is 11.8 Å². The molecule has 0 saturated carbocycles. The molecule has 7 heteroatoms. The van der Waals surface area contributed by atoms with Gasteiger partial charge in [-0.25, -0.2) is 0 Å². The minimum absolute atomic E-state index is 0.0607. The summed E-state index contributed by atoms with van der Waals surface area (Å²) in [7, 11) is 0. The first-order chi connectivity index (χ1) is 10.1. The Balaban J connectivity index is 4.02. The van der Waals surface area contributed by atoms with E-state index in [1.54, 1.807) is 27.7 Å². The SMILES string of the molecule is CC(C)C(=O)CCNC(=O)CNC(=O)CC(C(=O)O)C(C)C. The van der Waals surface area contributed by atoms with E-state index in [0.717, 1.165) is 0 Å². The molecule has 0 aliphatic rings. The first kappa shape index (κ1) is 20.1. The lowest BCUT2D eigenvalue weighted by Gasteiger charge is -2.15. The minimum Gasteiger partial charge on any atom is -0.481 e. The first-order valence-corrected chi connectivity index (χ1v) is 7.44. The van der Waals surface area contributed by atoms with Crippen molar-refractivity contribution in [1.82, 2.24) is 10.6 Å². The molecule has 22 heavy (non-hydrogen) atoms. The molecule has 1 atom stereocenters. The van der Waals surface area contributed by atoms with Crippen LogP contribution in [-0.2, 0) is 19.2 Å². The van der Waals surface area contributed by atoms with Crippen LogP contribution in [0.15, 0.2) is 0 Å². The van der Waals surface area contributed by atoms with Crippen LogP contribution in [0.5, 0.6) is 0 Å². The van der Waals surface area contributed by atoms with Gasteiger partial charge in [0.05, 0.1) is 12.5 Å². The maximum Gasteiger partial charge on any atom is 0.307 e. The van der Waals surface area contributed by atoms with Gasteiger partial charge in [-0.3, -0.25) is 19.2 Å². The molecule has 0 fully saturated rings. The molecule has 0 spiro atoms. The number of hydrogen-bond donors (Lipinski definition) is 3. The van der Waals surface area contributed by atoms with Gasteiger partial charge in [0.15, 0.2) is 0 Å². The van der Waals surface area contributed by atoms with Crippen LogP contribution >= 0.6 is 0 Å². The van der Waals surface area contributed by atoms with E-state index in [1.165, 1.54) is 0 Å². The predicted octanol–water partition coefficient (Wildman–Crippen LogP) is 0.581. The Hall–Kier alpha value is -1.92. The third-order valence-corrected chi connectivity index (χ3v) is 3.31. The highest BCUT2D eigenvalue weighted by atomic mass is 16.4. The zero-order chi connectivity index (χ0) is 17.3. The highest BCUT2D eigenvalue weighted by molar-refractivity contribution is 5.87. The van der Waals surface area contributed by atoms with E-state index < -0.39 is 23.7 Å². The molecule has 0 aliphatic carbocycles. The zero-order valence-electron chi connectivity index (χ0n) is 13.6. The van der Waals surface area contributed by atoms with Crippen molar-refractivity contribution in [1.29, 1.82) is 0 Å². The smallest absolute Gasteiger partial charge is 0.307 e. The van der Waals surface area contributed by atoms with Crippen molar-refractivity contribution in [3.8, 4) is 0 Å². The number of carboxylic acids is 1. The Morgan fingerprint density at radius 1 is 0.955 bits per heavy atom. The minimum atomic E-state index is -1.03. The number of aliphatic carboxylic acids is 1. The number of amides is 2. The van der Waals surface area contributed by atoms with Crippen LogP contribution in [0.4, 0.5) is 0 Å². The highest BCUT2D eigenvalue weighted by Gasteiger charge is 2.24. The third-order valence-electron chi connectivity index (χ3n) is 3.31. The summed E-state index contributed by atoms with van der Waals surface area (Å²) in [5.41, 5.74) is 0. The number of ketones is 1. The molecule has 0 aromatic carbocycles. The second-order valence-electron chi connectivity index (χ2n) is 5.89. The van der Waals surface area contributed by atoms with Crippen molar-refractivity contribution < 1.29 is 24.3 Å². The Kier molecular flexibility index (Phi) is 9.05. The maximum atomic E-state index is 11.6. The van der Waals surface area contributed by atoms with E-state index in [0.29, 0.717) is 0 Å². The lowest BCUT2D eigenvalue weighted by Crippen LogP contribution is -2.39. The summed E-state index contributed by atoms with van der Waals surface area (Å²) in [6.45, 7) is 7.04. The summed E-state index contributed by atoms with van der Waals surface area (Å²) in [6.07, 6.45) is 0.0951. The Morgan fingerprint density at radius 3 is 2.00 bits per heavy atom. The standard InChI is InChI=1S/C15H26N2O5/c1-9(2)11(15(21)22)7-13(19)17-8-14(20)16-6-5-12(18)10(3)4/h9-11H,5-8H2,1-4H3,(H,16,20)(H,17,19)(H,21,22). The number of carbonyl (C=O) groups excluding carboxylic acids is 3. The number of hydrogen-bond acceptors (Lipinski definition) is 4. The van der Waals surface area contributed by atoms with E-state index in [9.17, 15) is 19.2 Å². The molecule has 1 unspecified atom stereocenters. The molecule has 126 valence electrons. The lowest BCUT2D eigenvalue weighted by atomic mass is 9.92. The molecule has 0 radical (unpaired) electrons. The largest absolute Gasteiger partial charge is 0.481 e. The normalized spacial score (nSPS) is 12.1. The molecule has 0 saturated heterocycles. The first-order valence-electron chi connectivity index (χ1n) is 7.44. The van der Waals surface area contributed by atoms with Gasteiger partial charge in [-0.2, -0.15) is 0 Å². The Labute approximate surface area is 130 Å². The number of Topliss-reactive ketones (excluding diaryl/α,β-unsaturated/α-hetero) is 1. The average molecular weight is 314 g/mol. The van der Waals surface area contributed by atoms with Gasteiger partial charge < -0.3 is 15.7 Å². The van der Waals surface area contributed by atoms with Gasteiger partial charge in [-0.15, -0.1) is 0 Å². The second kappa shape index (κ2) is 9.92. The van der Waals surface area contributed by atoms with Gasteiger partial charge in [0.1, 0.15) is 5.78 Å². The van der Waals surface area contributed by atoms with Crippen LogP contribution in [0.25, 0.3) is 0 Å². The van der Waals surface area contributed by atoms with Gasteiger partial charge in [-0.1, -0.05) is 27.7 Å². The van der Waals surface area contributed by atoms with E-state index in [4.69, 9.17) is 5.11 Å². The van der Waals surface area contributed by atoms with E-state index >= 15 is 0 Å². The molecule has 0 heterocycles. The topological polar surface area (TPSA) is 113 Å². The van der Waals surface area contributed by atoms with Crippen molar-refractivity contribution in [2.24, 2.45) is 17.8 Å². The van der Waals surface area contributed by atoms with Crippen LogP contribution in [0.2, 0.25) is 0 Å². The van der Waals surface area contributed by atoms with Crippen LogP contribution in [0, 0.1) is 17.8 Å². The molecule has 2 amide bonds. The van der Waals surface area contributed by atoms with Crippen LogP contribution in [0.3, 0.4) is 0 Å². The van der Waals surface area contributed by atoms with Gasteiger partial charge in [-0.05, 0) is 5.92 Å². The summed E-state index contributed by atoms with van der Waals surface area (Å²) in [6, 6.07) is 0. The summed E-state index contributed by atoms with van der Waals surface area (Å²) in [4.78, 5) is 45.5. The maximum absolute atomic E-state index is 11.6. The molecule has 7 nitrogen and oxygen atoms in total. The number of rotatable bonds is 10. The Bertz CT molecular complexity index is 418.